The quantitative estimate of drug-likeness (QED) is 0.721. The van der Waals surface area contributed by atoms with Crippen molar-refractivity contribution in [1.82, 2.24) is 14.3 Å². The summed E-state index contributed by atoms with van der Waals surface area (Å²) in [6.07, 6.45) is 5.79. The fourth-order valence-corrected chi connectivity index (χ4v) is 2.92. The molecule has 18 heavy (non-hydrogen) atoms. The van der Waals surface area contributed by atoms with Gasteiger partial charge in [-0.25, -0.2) is 18.1 Å². The Bertz CT molecular complexity index is 449. The molecular weight excluding hydrogens is 252 g/mol. The molecule has 7 heteroatoms. The molecule has 0 fully saturated rings. The number of imidazole rings is 1. The Labute approximate surface area is 109 Å². The van der Waals surface area contributed by atoms with Gasteiger partial charge in [-0.05, 0) is 25.3 Å². The molecule has 1 aromatic heterocycles. The normalized spacial score (nSPS) is 13.7. The molecule has 0 spiro atoms. The molecule has 0 amide bonds. The van der Waals surface area contributed by atoms with Gasteiger partial charge in [-0.1, -0.05) is 13.3 Å². The van der Waals surface area contributed by atoms with Crippen molar-refractivity contribution in [2.24, 2.45) is 18.7 Å². The summed E-state index contributed by atoms with van der Waals surface area (Å²) in [6.45, 7) is 3.08. The van der Waals surface area contributed by atoms with Crippen LogP contribution >= 0.6 is 0 Å². The highest BCUT2D eigenvalue weighted by molar-refractivity contribution is 7.89. The summed E-state index contributed by atoms with van der Waals surface area (Å²) in [5.74, 6) is 0.290. The molecule has 0 saturated heterocycles. The third-order valence-electron chi connectivity index (χ3n) is 2.79. The van der Waals surface area contributed by atoms with Gasteiger partial charge >= 0.3 is 0 Å². The van der Waals surface area contributed by atoms with E-state index in [-0.39, 0.29) is 5.03 Å². The molecule has 0 aromatic carbocycles. The van der Waals surface area contributed by atoms with Gasteiger partial charge in [-0.15, -0.1) is 0 Å². The first-order valence-electron chi connectivity index (χ1n) is 6.17. The second-order valence-electron chi connectivity index (χ2n) is 4.46. The average Bonchev–Trinajstić information content (AvgIpc) is 2.74. The standard InChI is InChI=1S/C11H22N4O2S/c1-3-4-10(5-6-12)7-14-18(16,17)11-8-15(2)9-13-11/h8-10,14H,3-7,12H2,1-2H3. The molecule has 0 radical (unpaired) electrons. The largest absolute Gasteiger partial charge is 0.339 e. The molecule has 3 N–H and O–H groups in total. The highest BCUT2D eigenvalue weighted by Gasteiger charge is 2.18. The van der Waals surface area contributed by atoms with Crippen LogP contribution in [0, 0.1) is 5.92 Å². The van der Waals surface area contributed by atoms with Crippen LogP contribution in [-0.4, -0.2) is 31.1 Å². The van der Waals surface area contributed by atoms with Gasteiger partial charge in [0.05, 0.1) is 6.33 Å². The third-order valence-corrected chi connectivity index (χ3v) is 4.10. The number of aryl methyl sites for hydroxylation is 1. The summed E-state index contributed by atoms with van der Waals surface area (Å²) >= 11 is 0. The van der Waals surface area contributed by atoms with E-state index in [1.807, 2.05) is 0 Å². The van der Waals surface area contributed by atoms with Crippen LogP contribution in [0.2, 0.25) is 0 Å². The van der Waals surface area contributed by atoms with E-state index in [9.17, 15) is 8.42 Å². The van der Waals surface area contributed by atoms with Crippen LogP contribution in [0.15, 0.2) is 17.6 Å². The summed E-state index contributed by atoms with van der Waals surface area (Å²) in [5, 5.41) is 0.0630. The van der Waals surface area contributed by atoms with Gasteiger partial charge in [0.15, 0.2) is 5.03 Å². The van der Waals surface area contributed by atoms with Crippen molar-refractivity contribution in [3.8, 4) is 0 Å². The van der Waals surface area contributed by atoms with Crippen LogP contribution in [0.4, 0.5) is 0 Å². The smallest absolute Gasteiger partial charge is 0.259 e. The van der Waals surface area contributed by atoms with Gasteiger partial charge in [0, 0.05) is 19.8 Å². The highest BCUT2D eigenvalue weighted by Crippen LogP contribution is 2.11. The van der Waals surface area contributed by atoms with E-state index >= 15 is 0 Å². The molecule has 0 aliphatic rings. The molecule has 0 saturated carbocycles. The van der Waals surface area contributed by atoms with Crippen molar-refractivity contribution >= 4 is 10.0 Å². The number of rotatable bonds is 8. The summed E-state index contributed by atoms with van der Waals surface area (Å²) in [7, 11) is -1.76. The zero-order valence-electron chi connectivity index (χ0n) is 11.0. The predicted molar refractivity (Wildman–Crippen MR) is 70.5 cm³/mol. The first kappa shape index (κ1) is 15.1. The lowest BCUT2D eigenvalue weighted by Gasteiger charge is -2.15. The Hall–Kier alpha value is -0.920. The number of hydrogen-bond acceptors (Lipinski definition) is 4. The minimum atomic E-state index is -3.49. The third kappa shape index (κ3) is 4.40. The Morgan fingerprint density at radius 2 is 2.22 bits per heavy atom. The number of nitrogens with zero attached hydrogens (tertiary/aromatic N) is 2. The molecular formula is C11H22N4O2S. The van der Waals surface area contributed by atoms with E-state index in [4.69, 9.17) is 5.73 Å². The SMILES string of the molecule is CCCC(CCN)CNS(=O)(=O)c1cn(C)cn1. The van der Waals surface area contributed by atoms with Crippen molar-refractivity contribution in [3.63, 3.8) is 0 Å². The van der Waals surface area contributed by atoms with Crippen molar-refractivity contribution in [2.75, 3.05) is 13.1 Å². The molecule has 104 valence electrons. The second-order valence-corrected chi connectivity index (χ2v) is 6.18. The van der Waals surface area contributed by atoms with Crippen molar-refractivity contribution in [1.29, 1.82) is 0 Å². The summed E-state index contributed by atoms with van der Waals surface area (Å²) in [4.78, 5) is 3.85. The number of nitrogens with one attached hydrogen (secondary N) is 1. The average molecular weight is 274 g/mol. The molecule has 1 heterocycles. The molecule has 1 rings (SSSR count). The van der Waals surface area contributed by atoms with Crippen LogP contribution in [0.5, 0.6) is 0 Å². The topological polar surface area (TPSA) is 90.0 Å². The minimum absolute atomic E-state index is 0.0630. The van der Waals surface area contributed by atoms with Crippen molar-refractivity contribution in [2.45, 2.75) is 31.2 Å². The fraction of sp³-hybridized carbons (Fsp3) is 0.727. The number of nitrogens with two attached hydrogens (primary N) is 1. The Morgan fingerprint density at radius 1 is 1.50 bits per heavy atom. The first-order chi connectivity index (χ1) is 8.49. The Balaban J connectivity index is 2.60. The molecule has 0 aliphatic carbocycles. The monoisotopic (exact) mass is 274 g/mol. The van der Waals surface area contributed by atoms with E-state index < -0.39 is 10.0 Å². The first-order valence-corrected chi connectivity index (χ1v) is 7.65. The fourth-order valence-electron chi connectivity index (χ4n) is 1.82. The van der Waals surface area contributed by atoms with E-state index in [2.05, 4.69) is 16.6 Å². The van der Waals surface area contributed by atoms with Gasteiger partial charge in [-0.3, -0.25) is 0 Å². The van der Waals surface area contributed by atoms with Gasteiger partial charge in [0.25, 0.3) is 10.0 Å². The molecule has 1 aromatic rings. The van der Waals surface area contributed by atoms with Crippen LogP contribution in [0.3, 0.4) is 0 Å². The highest BCUT2D eigenvalue weighted by atomic mass is 32.2. The molecule has 6 nitrogen and oxygen atoms in total. The Morgan fingerprint density at radius 3 is 2.72 bits per heavy atom. The van der Waals surface area contributed by atoms with Crippen molar-refractivity contribution < 1.29 is 8.42 Å². The molecule has 1 atom stereocenters. The van der Waals surface area contributed by atoms with E-state index in [1.165, 1.54) is 12.5 Å². The number of aromatic nitrogens is 2. The predicted octanol–water partition coefficient (Wildman–Crippen LogP) is 0.464. The summed E-state index contributed by atoms with van der Waals surface area (Å²) < 4.78 is 28.1. The van der Waals surface area contributed by atoms with Gasteiger partial charge in [-0.2, -0.15) is 0 Å². The summed E-state index contributed by atoms with van der Waals surface area (Å²) in [5.41, 5.74) is 5.52. The van der Waals surface area contributed by atoms with Gasteiger partial charge in [0.2, 0.25) is 0 Å². The zero-order chi connectivity index (χ0) is 13.6. The van der Waals surface area contributed by atoms with Crippen molar-refractivity contribution in [3.05, 3.63) is 12.5 Å². The van der Waals surface area contributed by atoms with E-state index in [0.717, 1.165) is 19.3 Å². The lowest BCUT2D eigenvalue weighted by atomic mass is 10.0. The van der Waals surface area contributed by atoms with E-state index in [0.29, 0.717) is 19.0 Å². The number of sulfonamides is 1. The lowest BCUT2D eigenvalue weighted by Crippen LogP contribution is -2.30. The minimum Gasteiger partial charge on any atom is -0.339 e. The zero-order valence-corrected chi connectivity index (χ0v) is 11.8. The Kier molecular flexibility index (Phi) is 5.77. The molecule has 0 bridgehead atoms. The van der Waals surface area contributed by atoms with Crippen LogP contribution < -0.4 is 10.5 Å². The van der Waals surface area contributed by atoms with E-state index in [1.54, 1.807) is 11.6 Å². The maximum absolute atomic E-state index is 11.9. The lowest BCUT2D eigenvalue weighted by molar-refractivity contribution is 0.443. The molecule has 0 aliphatic heterocycles. The van der Waals surface area contributed by atoms with Crippen LogP contribution in [0.25, 0.3) is 0 Å². The maximum Gasteiger partial charge on any atom is 0.259 e. The van der Waals surface area contributed by atoms with Gasteiger partial charge in [0.1, 0.15) is 0 Å². The van der Waals surface area contributed by atoms with Crippen LogP contribution in [0.1, 0.15) is 26.2 Å². The summed E-state index contributed by atoms with van der Waals surface area (Å²) in [6, 6.07) is 0. The van der Waals surface area contributed by atoms with Crippen LogP contribution in [-0.2, 0) is 17.1 Å². The number of hydrogen-bond donors (Lipinski definition) is 2. The second kappa shape index (κ2) is 6.86. The molecule has 1 unspecified atom stereocenters. The maximum atomic E-state index is 11.9. The van der Waals surface area contributed by atoms with Gasteiger partial charge < -0.3 is 10.3 Å².